The molecule has 2 N–H and O–H groups in total. The quantitative estimate of drug-likeness (QED) is 0.647. The van der Waals surface area contributed by atoms with Gasteiger partial charge in [0.15, 0.2) is 0 Å². The maximum atomic E-state index is 11.1. The monoisotopic (exact) mass is 184 g/mol. The van der Waals surface area contributed by atoms with Crippen LogP contribution in [0.2, 0.25) is 0 Å². The molecule has 0 aliphatic heterocycles. The molecule has 3 heteroatoms. The molecule has 0 saturated heterocycles. The molecule has 13 heavy (non-hydrogen) atoms. The summed E-state index contributed by atoms with van der Waals surface area (Å²) in [5, 5.41) is 6.23. The van der Waals surface area contributed by atoms with E-state index in [2.05, 4.69) is 17.6 Å². The highest BCUT2D eigenvalue weighted by Gasteiger charge is 2.15. The van der Waals surface area contributed by atoms with E-state index in [9.17, 15) is 4.79 Å². The molecule has 1 saturated carbocycles. The smallest absolute Gasteiger partial charge is 0.221 e. The zero-order chi connectivity index (χ0) is 9.52. The van der Waals surface area contributed by atoms with Crippen molar-refractivity contribution >= 4 is 5.91 Å². The Morgan fingerprint density at radius 2 is 2.15 bits per heavy atom. The summed E-state index contributed by atoms with van der Waals surface area (Å²) in [5.41, 5.74) is 0. The number of hydrogen-bond acceptors (Lipinski definition) is 2. The van der Waals surface area contributed by atoms with Gasteiger partial charge in [-0.05, 0) is 19.3 Å². The standard InChI is InChI=1S/C10H20N2O/c1-2-7-12-10(13)6-8-11-9-4-3-5-9/h9,11H,2-8H2,1H3,(H,12,13). The van der Waals surface area contributed by atoms with Crippen LogP contribution in [0.1, 0.15) is 39.0 Å². The number of nitrogens with one attached hydrogen (secondary N) is 2. The SMILES string of the molecule is CCCNC(=O)CCNC1CCC1. The van der Waals surface area contributed by atoms with Crippen LogP contribution in [-0.4, -0.2) is 25.0 Å². The summed E-state index contributed by atoms with van der Waals surface area (Å²) in [6.45, 7) is 3.70. The van der Waals surface area contributed by atoms with Crippen molar-refractivity contribution in [1.29, 1.82) is 0 Å². The van der Waals surface area contributed by atoms with E-state index in [4.69, 9.17) is 0 Å². The molecule has 76 valence electrons. The predicted octanol–water partition coefficient (Wildman–Crippen LogP) is 1.04. The average Bonchev–Trinajstić information content (AvgIpc) is 2.06. The Bertz CT molecular complexity index is 155. The molecule has 1 rings (SSSR count). The van der Waals surface area contributed by atoms with E-state index in [1.165, 1.54) is 19.3 Å². The number of rotatable bonds is 6. The Hall–Kier alpha value is -0.570. The minimum atomic E-state index is 0.175. The van der Waals surface area contributed by atoms with E-state index < -0.39 is 0 Å². The molecule has 0 atom stereocenters. The minimum absolute atomic E-state index is 0.175. The Balaban J connectivity index is 1.88. The van der Waals surface area contributed by atoms with Crippen molar-refractivity contribution in [2.45, 2.75) is 45.1 Å². The normalized spacial score (nSPS) is 16.7. The van der Waals surface area contributed by atoms with E-state index in [1.807, 2.05) is 0 Å². The number of carbonyl (C=O) groups excluding carboxylic acids is 1. The molecule has 0 unspecified atom stereocenters. The summed E-state index contributed by atoms with van der Waals surface area (Å²) in [6, 6.07) is 0.693. The van der Waals surface area contributed by atoms with Crippen molar-refractivity contribution in [2.24, 2.45) is 0 Å². The fourth-order valence-electron chi connectivity index (χ4n) is 1.36. The maximum Gasteiger partial charge on any atom is 0.221 e. The highest BCUT2D eigenvalue weighted by Crippen LogP contribution is 2.17. The van der Waals surface area contributed by atoms with Crippen molar-refractivity contribution in [1.82, 2.24) is 10.6 Å². The summed E-state index contributed by atoms with van der Waals surface area (Å²) in [6.07, 6.45) is 5.56. The van der Waals surface area contributed by atoms with Crippen LogP contribution in [0.25, 0.3) is 0 Å². The molecular formula is C10H20N2O. The second-order valence-corrected chi connectivity index (χ2v) is 3.68. The fourth-order valence-corrected chi connectivity index (χ4v) is 1.36. The first-order chi connectivity index (χ1) is 6.33. The van der Waals surface area contributed by atoms with Crippen molar-refractivity contribution in [3.05, 3.63) is 0 Å². The van der Waals surface area contributed by atoms with Crippen LogP contribution < -0.4 is 10.6 Å². The third-order valence-corrected chi connectivity index (χ3v) is 2.46. The van der Waals surface area contributed by atoms with Crippen molar-refractivity contribution < 1.29 is 4.79 Å². The van der Waals surface area contributed by atoms with Crippen LogP contribution in [0.3, 0.4) is 0 Å². The highest BCUT2D eigenvalue weighted by molar-refractivity contribution is 5.75. The summed E-state index contributed by atoms with van der Waals surface area (Å²) in [7, 11) is 0. The molecule has 1 aliphatic rings. The lowest BCUT2D eigenvalue weighted by atomic mass is 9.93. The average molecular weight is 184 g/mol. The summed E-state index contributed by atoms with van der Waals surface area (Å²) in [5.74, 6) is 0.175. The van der Waals surface area contributed by atoms with Gasteiger partial charge in [-0.3, -0.25) is 4.79 Å². The van der Waals surface area contributed by atoms with E-state index in [0.717, 1.165) is 19.5 Å². The number of hydrogen-bond donors (Lipinski definition) is 2. The summed E-state index contributed by atoms with van der Waals surface area (Å²) >= 11 is 0. The van der Waals surface area contributed by atoms with Gasteiger partial charge >= 0.3 is 0 Å². The Morgan fingerprint density at radius 1 is 1.38 bits per heavy atom. The zero-order valence-electron chi connectivity index (χ0n) is 8.44. The summed E-state index contributed by atoms with van der Waals surface area (Å²) in [4.78, 5) is 11.1. The van der Waals surface area contributed by atoms with Crippen LogP contribution in [0, 0.1) is 0 Å². The second kappa shape index (κ2) is 5.97. The molecule has 0 spiro atoms. The van der Waals surface area contributed by atoms with E-state index in [1.54, 1.807) is 0 Å². The molecule has 1 amide bonds. The third kappa shape index (κ3) is 4.27. The lowest BCUT2D eigenvalue weighted by Gasteiger charge is -2.26. The van der Waals surface area contributed by atoms with Crippen LogP contribution in [-0.2, 0) is 4.79 Å². The number of amides is 1. The van der Waals surface area contributed by atoms with Gasteiger partial charge in [0, 0.05) is 25.6 Å². The molecule has 0 aromatic heterocycles. The topological polar surface area (TPSA) is 41.1 Å². The van der Waals surface area contributed by atoms with Crippen molar-refractivity contribution in [3.63, 3.8) is 0 Å². The molecule has 0 heterocycles. The highest BCUT2D eigenvalue weighted by atomic mass is 16.1. The van der Waals surface area contributed by atoms with Gasteiger partial charge in [-0.15, -0.1) is 0 Å². The first kappa shape index (κ1) is 10.5. The molecule has 0 radical (unpaired) electrons. The Kier molecular flexibility index (Phi) is 4.83. The molecule has 1 aliphatic carbocycles. The van der Waals surface area contributed by atoms with Gasteiger partial charge in [-0.25, -0.2) is 0 Å². The van der Waals surface area contributed by atoms with Gasteiger partial charge in [0.25, 0.3) is 0 Å². The fraction of sp³-hybridized carbons (Fsp3) is 0.900. The van der Waals surface area contributed by atoms with Crippen molar-refractivity contribution in [3.8, 4) is 0 Å². The first-order valence-electron chi connectivity index (χ1n) is 5.33. The molecule has 0 bridgehead atoms. The third-order valence-electron chi connectivity index (χ3n) is 2.46. The molecule has 0 aromatic carbocycles. The largest absolute Gasteiger partial charge is 0.356 e. The van der Waals surface area contributed by atoms with E-state index in [-0.39, 0.29) is 5.91 Å². The lowest BCUT2D eigenvalue weighted by molar-refractivity contribution is -0.121. The van der Waals surface area contributed by atoms with Crippen LogP contribution in [0.4, 0.5) is 0 Å². The maximum absolute atomic E-state index is 11.1. The van der Waals surface area contributed by atoms with Crippen LogP contribution in [0.15, 0.2) is 0 Å². The predicted molar refractivity (Wildman–Crippen MR) is 53.6 cm³/mol. The van der Waals surface area contributed by atoms with Gasteiger partial charge in [0.2, 0.25) is 5.91 Å². The molecule has 3 nitrogen and oxygen atoms in total. The Morgan fingerprint density at radius 3 is 2.69 bits per heavy atom. The molecule has 1 fully saturated rings. The minimum Gasteiger partial charge on any atom is -0.356 e. The van der Waals surface area contributed by atoms with Gasteiger partial charge < -0.3 is 10.6 Å². The first-order valence-corrected chi connectivity index (χ1v) is 5.33. The zero-order valence-corrected chi connectivity index (χ0v) is 8.44. The summed E-state index contributed by atoms with van der Waals surface area (Å²) < 4.78 is 0. The van der Waals surface area contributed by atoms with Gasteiger partial charge in [0.05, 0.1) is 0 Å². The van der Waals surface area contributed by atoms with Gasteiger partial charge in [-0.2, -0.15) is 0 Å². The van der Waals surface area contributed by atoms with Crippen LogP contribution in [0.5, 0.6) is 0 Å². The molecule has 0 aromatic rings. The number of carbonyl (C=O) groups is 1. The van der Waals surface area contributed by atoms with E-state index in [0.29, 0.717) is 12.5 Å². The second-order valence-electron chi connectivity index (χ2n) is 3.68. The van der Waals surface area contributed by atoms with Gasteiger partial charge in [-0.1, -0.05) is 13.3 Å². The molecular weight excluding hydrogens is 164 g/mol. The Labute approximate surface area is 80.3 Å². The van der Waals surface area contributed by atoms with Gasteiger partial charge in [0.1, 0.15) is 0 Å². The van der Waals surface area contributed by atoms with Crippen LogP contribution >= 0.6 is 0 Å². The lowest BCUT2D eigenvalue weighted by Crippen LogP contribution is -2.37. The van der Waals surface area contributed by atoms with Crippen molar-refractivity contribution in [2.75, 3.05) is 13.1 Å². The van der Waals surface area contributed by atoms with E-state index >= 15 is 0 Å².